The average molecular weight is 460 g/mol. The van der Waals surface area contributed by atoms with Gasteiger partial charge < -0.3 is 38.2 Å². The molecule has 0 saturated carbocycles. The van der Waals surface area contributed by atoms with Crippen LogP contribution in [0.25, 0.3) is 0 Å². The number of hydrogen-bond donors (Lipinski definition) is 0. The average Bonchev–Trinajstić information content (AvgIpc) is 3.61. The van der Waals surface area contributed by atoms with E-state index in [0.717, 1.165) is 0 Å². The maximum atomic E-state index is 13.9. The van der Waals surface area contributed by atoms with Crippen LogP contribution in [0.15, 0.2) is 18.2 Å². The lowest BCUT2D eigenvalue weighted by atomic mass is 10.0. The fraction of sp³-hybridized carbons (Fsp3) is 0.652. The molecule has 5 aliphatic rings. The molecular weight excluding hydrogens is 432 g/mol. The topological polar surface area (TPSA) is 112 Å². The Morgan fingerprint density at radius 1 is 0.727 bits per heavy atom. The van der Waals surface area contributed by atoms with Gasteiger partial charge in [0.25, 0.3) is 11.8 Å². The highest BCUT2D eigenvalue weighted by atomic mass is 16.6. The molecule has 0 aliphatic carbocycles. The Hall–Kier alpha value is -2.24. The van der Waals surface area contributed by atoms with Crippen LogP contribution in [0.5, 0.6) is 5.75 Å². The Morgan fingerprint density at radius 2 is 1.18 bits per heavy atom. The molecule has 5 fully saturated rings. The quantitative estimate of drug-likeness (QED) is 0.377. The van der Waals surface area contributed by atoms with Gasteiger partial charge in [-0.2, -0.15) is 0 Å². The summed E-state index contributed by atoms with van der Waals surface area (Å²) in [7, 11) is 0. The minimum absolute atomic E-state index is 0.0234. The molecular formula is C23H28N2O8. The van der Waals surface area contributed by atoms with Gasteiger partial charge in [-0.3, -0.25) is 9.59 Å². The van der Waals surface area contributed by atoms with Crippen molar-refractivity contribution in [3.05, 3.63) is 29.3 Å². The summed E-state index contributed by atoms with van der Waals surface area (Å²) >= 11 is 0. The SMILES string of the molecule is O=C(c1cccc(OCC2CO2)c1C(=O)N(CC1CO1)CC1CO1)N(CC1CO1)CC1CO1. The number of amides is 2. The molecule has 1 aromatic rings. The lowest BCUT2D eigenvalue weighted by molar-refractivity contribution is 0.0687. The third kappa shape index (κ3) is 5.64. The Kier molecular flexibility index (Phi) is 5.71. The van der Waals surface area contributed by atoms with Gasteiger partial charge in [0.2, 0.25) is 0 Å². The largest absolute Gasteiger partial charge is 0.490 e. The van der Waals surface area contributed by atoms with Crippen LogP contribution >= 0.6 is 0 Å². The number of epoxide rings is 5. The smallest absolute Gasteiger partial charge is 0.258 e. The van der Waals surface area contributed by atoms with Crippen molar-refractivity contribution in [1.82, 2.24) is 9.80 Å². The Labute approximate surface area is 191 Å². The third-order valence-electron chi connectivity index (χ3n) is 6.18. The van der Waals surface area contributed by atoms with E-state index in [4.69, 9.17) is 28.4 Å². The molecule has 2 amide bonds. The van der Waals surface area contributed by atoms with E-state index in [-0.39, 0.29) is 47.9 Å². The second-order valence-corrected chi connectivity index (χ2v) is 9.19. The molecule has 6 rings (SSSR count). The van der Waals surface area contributed by atoms with Gasteiger partial charge in [0.15, 0.2) is 0 Å². The summed E-state index contributed by atoms with van der Waals surface area (Å²) in [6.45, 7) is 5.40. The van der Waals surface area contributed by atoms with E-state index in [1.165, 1.54) is 0 Å². The summed E-state index contributed by atoms with van der Waals surface area (Å²) in [5.74, 6) is -0.0743. The van der Waals surface area contributed by atoms with E-state index in [1.54, 1.807) is 28.0 Å². The summed E-state index contributed by atoms with van der Waals surface area (Å²) < 4.78 is 32.7. The zero-order chi connectivity index (χ0) is 22.4. The fourth-order valence-electron chi connectivity index (χ4n) is 3.88. The highest BCUT2D eigenvalue weighted by molar-refractivity contribution is 6.09. The van der Waals surface area contributed by atoms with Crippen LogP contribution in [-0.2, 0) is 23.7 Å². The van der Waals surface area contributed by atoms with Gasteiger partial charge in [-0.05, 0) is 12.1 Å². The number of nitrogens with zero attached hydrogens (tertiary/aromatic N) is 2. The van der Waals surface area contributed by atoms with Crippen molar-refractivity contribution in [2.45, 2.75) is 30.5 Å². The van der Waals surface area contributed by atoms with Crippen LogP contribution in [0.4, 0.5) is 0 Å². The molecule has 10 heteroatoms. The monoisotopic (exact) mass is 460 g/mol. The molecule has 1 aromatic carbocycles. The van der Waals surface area contributed by atoms with Gasteiger partial charge in [-0.1, -0.05) is 6.07 Å². The normalized spacial score (nSPS) is 30.4. The summed E-state index contributed by atoms with van der Waals surface area (Å²) in [6.07, 6.45) is 0.145. The number of benzene rings is 1. The van der Waals surface area contributed by atoms with Crippen LogP contribution in [-0.4, -0.2) is 118 Å². The second kappa shape index (κ2) is 8.84. The number of rotatable bonds is 13. The van der Waals surface area contributed by atoms with E-state index in [2.05, 4.69) is 0 Å². The zero-order valence-corrected chi connectivity index (χ0v) is 18.4. The van der Waals surface area contributed by atoms with Crippen LogP contribution in [0, 0.1) is 0 Å². The predicted molar refractivity (Wildman–Crippen MR) is 112 cm³/mol. The highest BCUT2D eigenvalue weighted by Gasteiger charge is 2.38. The van der Waals surface area contributed by atoms with Gasteiger partial charge in [0.1, 0.15) is 18.5 Å². The molecule has 5 heterocycles. The van der Waals surface area contributed by atoms with E-state index in [9.17, 15) is 9.59 Å². The lowest BCUT2D eigenvalue weighted by Crippen LogP contribution is -2.41. The standard InChI is InChI=1S/C23H28N2O8/c26-22(24(4-14-8-28-14)5-15-9-29-15)19-2-1-3-20(33-13-18-12-32-18)21(19)23(27)25(6-16-10-30-16)7-17-11-31-17/h1-3,14-18H,4-13H2. The van der Waals surface area contributed by atoms with Crippen molar-refractivity contribution in [3.8, 4) is 5.75 Å². The van der Waals surface area contributed by atoms with Gasteiger partial charge in [0.05, 0.1) is 68.6 Å². The van der Waals surface area contributed by atoms with Gasteiger partial charge in [-0.15, -0.1) is 0 Å². The molecule has 0 bridgehead atoms. The molecule has 5 unspecified atom stereocenters. The lowest BCUT2D eigenvalue weighted by Gasteiger charge is -2.26. The van der Waals surface area contributed by atoms with Crippen molar-refractivity contribution in [2.75, 3.05) is 65.8 Å². The van der Waals surface area contributed by atoms with Gasteiger partial charge in [0, 0.05) is 26.2 Å². The van der Waals surface area contributed by atoms with Gasteiger partial charge in [-0.25, -0.2) is 0 Å². The molecule has 33 heavy (non-hydrogen) atoms. The number of ether oxygens (including phenoxy) is 6. The Balaban J connectivity index is 1.30. The Bertz CT molecular complexity index is 878. The first-order valence-electron chi connectivity index (χ1n) is 11.6. The van der Waals surface area contributed by atoms with E-state index >= 15 is 0 Å². The van der Waals surface area contributed by atoms with Crippen LogP contribution < -0.4 is 4.74 Å². The first kappa shape index (κ1) is 21.3. The molecule has 0 aromatic heterocycles. The maximum absolute atomic E-state index is 13.9. The summed E-state index contributed by atoms with van der Waals surface area (Å²) in [5, 5.41) is 0. The number of carbonyl (C=O) groups is 2. The maximum Gasteiger partial charge on any atom is 0.258 e. The highest BCUT2D eigenvalue weighted by Crippen LogP contribution is 2.29. The van der Waals surface area contributed by atoms with Crippen molar-refractivity contribution in [2.24, 2.45) is 0 Å². The van der Waals surface area contributed by atoms with E-state index in [0.29, 0.717) is 77.1 Å². The first-order chi connectivity index (χ1) is 16.1. The van der Waals surface area contributed by atoms with Gasteiger partial charge >= 0.3 is 0 Å². The minimum atomic E-state index is -0.248. The molecule has 10 nitrogen and oxygen atoms in total. The van der Waals surface area contributed by atoms with Crippen molar-refractivity contribution >= 4 is 11.8 Å². The zero-order valence-electron chi connectivity index (χ0n) is 18.4. The summed E-state index contributed by atoms with van der Waals surface area (Å²) in [5.41, 5.74) is 0.608. The van der Waals surface area contributed by atoms with Crippen LogP contribution in [0.3, 0.4) is 0 Å². The molecule has 5 aliphatic heterocycles. The minimum Gasteiger partial charge on any atom is -0.490 e. The molecule has 0 radical (unpaired) electrons. The summed E-state index contributed by atoms with van der Waals surface area (Å²) in [4.78, 5) is 31.0. The molecule has 5 atom stereocenters. The first-order valence-corrected chi connectivity index (χ1v) is 11.6. The molecule has 5 saturated heterocycles. The second-order valence-electron chi connectivity index (χ2n) is 9.19. The van der Waals surface area contributed by atoms with Crippen molar-refractivity contribution in [3.63, 3.8) is 0 Å². The Morgan fingerprint density at radius 3 is 1.64 bits per heavy atom. The molecule has 0 N–H and O–H groups in total. The van der Waals surface area contributed by atoms with Crippen LogP contribution in [0.2, 0.25) is 0 Å². The summed E-state index contributed by atoms with van der Waals surface area (Å²) in [6, 6.07) is 5.19. The van der Waals surface area contributed by atoms with Crippen molar-refractivity contribution in [1.29, 1.82) is 0 Å². The van der Waals surface area contributed by atoms with Crippen molar-refractivity contribution < 1.29 is 38.0 Å². The predicted octanol–water partition coefficient (Wildman–Crippen LogP) is -0.0562. The number of hydrogen-bond acceptors (Lipinski definition) is 8. The molecule has 0 spiro atoms. The van der Waals surface area contributed by atoms with Crippen LogP contribution in [0.1, 0.15) is 20.7 Å². The third-order valence-corrected chi connectivity index (χ3v) is 6.18. The fourth-order valence-corrected chi connectivity index (χ4v) is 3.88. The number of carbonyl (C=O) groups excluding carboxylic acids is 2. The molecule has 178 valence electrons. The van der Waals surface area contributed by atoms with E-state index < -0.39 is 0 Å². The van der Waals surface area contributed by atoms with E-state index in [1.807, 2.05) is 0 Å².